The summed E-state index contributed by atoms with van der Waals surface area (Å²) in [6, 6.07) is 0. The van der Waals surface area contributed by atoms with Crippen LogP contribution in [-0.2, 0) is 15.6 Å². The standard InChI is InChI=1S/C4H5BrN2O2S2/c1-11(8,9)2-3-6-4(5)10-7-3/h2H2,1H3. The van der Waals surface area contributed by atoms with E-state index in [0.29, 0.717) is 9.74 Å². The van der Waals surface area contributed by atoms with Crippen molar-refractivity contribution in [3.05, 3.63) is 9.74 Å². The lowest BCUT2D eigenvalue weighted by atomic mass is 10.7. The number of nitrogens with zero attached hydrogens (tertiary/aromatic N) is 2. The zero-order valence-corrected chi connectivity index (χ0v) is 8.83. The second-order valence-electron chi connectivity index (χ2n) is 2.03. The van der Waals surface area contributed by atoms with Gasteiger partial charge in [-0.3, -0.25) is 0 Å². The molecule has 0 atom stereocenters. The van der Waals surface area contributed by atoms with Crippen molar-refractivity contribution < 1.29 is 8.42 Å². The second kappa shape index (κ2) is 3.16. The van der Waals surface area contributed by atoms with Gasteiger partial charge in [0.2, 0.25) is 0 Å². The lowest BCUT2D eigenvalue weighted by Crippen LogP contribution is -2.01. The van der Waals surface area contributed by atoms with Crippen molar-refractivity contribution in [1.29, 1.82) is 0 Å². The van der Waals surface area contributed by atoms with Crippen molar-refractivity contribution in [2.45, 2.75) is 5.75 Å². The van der Waals surface area contributed by atoms with Crippen LogP contribution in [0.5, 0.6) is 0 Å². The highest BCUT2D eigenvalue weighted by Gasteiger charge is 2.08. The van der Waals surface area contributed by atoms with Crippen LogP contribution in [0.15, 0.2) is 3.92 Å². The molecule has 0 bridgehead atoms. The SMILES string of the molecule is CS(=O)(=O)Cc1nsc(Br)n1. The molecule has 0 aliphatic rings. The number of halogens is 1. The Morgan fingerprint density at radius 1 is 1.64 bits per heavy atom. The molecule has 1 aromatic heterocycles. The molecule has 0 aliphatic heterocycles. The minimum absolute atomic E-state index is 0.0882. The van der Waals surface area contributed by atoms with E-state index < -0.39 is 9.84 Å². The highest BCUT2D eigenvalue weighted by Crippen LogP contribution is 2.12. The first-order valence-electron chi connectivity index (χ1n) is 2.63. The molecule has 0 saturated heterocycles. The maximum absolute atomic E-state index is 10.7. The van der Waals surface area contributed by atoms with Gasteiger partial charge in [0.25, 0.3) is 0 Å². The second-order valence-corrected chi connectivity index (χ2v) is 6.20. The Morgan fingerprint density at radius 3 is 2.64 bits per heavy atom. The maximum Gasteiger partial charge on any atom is 0.179 e. The lowest BCUT2D eigenvalue weighted by molar-refractivity contribution is 0.600. The van der Waals surface area contributed by atoms with Crippen molar-refractivity contribution in [2.75, 3.05) is 6.26 Å². The summed E-state index contributed by atoms with van der Waals surface area (Å²) in [4.78, 5) is 3.84. The molecule has 0 amide bonds. The van der Waals surface area contributed by atoms with Crippen LogP contribution < -0.4 is 0 Å². The number of hydrogen-bond donors (Lipinski definition) is 0. The number of rotatable bonds is 2. The van der Waals surface area contributed by atoms with Crippen LogP contribution in [0.1, 0.15) is 5.82 Å². The molecule has 0 aliphatic carbocycles. The highest BCUT2D eigenvalue weighted by molar-refractivity contribution is 9.11. The first-order valence-corrected chi connectivity index (χ1v) is 6.26. The predicted octanol–water partition coefficient (Wildman–Crippen LogP) is 0.845. The summed E-state index contributed by atoms with van der Waals surface area (Å²) in [7, 11) is -3.00. The van der Waals surface area contributed by atoms with E-state index in [-0.39, 0.29) is 5.75 Å². The molecule has 0 fully saturated rings. The molecule has 0 spiro atoms. The molecule has 11 heavy (non-hydrogen) atoms. The zero-order chi connectivity index (χ0) is 8.48. The molecule has 1 aromatic rings. The van der Waals surface area contributed by atoms with Gasteiger partial charge in [-0.15, -0.1) is 0 Å². The van der Waals surface area contributed by atoms with Crippen molar-refractivity contribution in [3.63, 3.8) is 0 Å². The topological polar surface area (TPSA) is 59.9 Å². The van der Waals surface area contributed by atoms with Gasteiger partial charge >= 0.3 is 0 Å². The molecule has 0 saturated carbocycles. The van der Waals surface area contributed by atoms with Crippen molar-refractivity contribution in [3.8, 4) is 0 Å². The summed E-state index contributed by atoms with van der Waals surface area (Å²) >= 11 is 4.23. The Hall–Kier alpha value is -0.0100. The van der Waals surface area contributed by atoms with Crippen molar-refractivity contribution in [1.82, 2.24) is 9.36 Å². The molecule has 0 unspecified atom stereocenters. The largest absolute Gasteiger partial charge is 0.229 e. The average Bonchev–Trinajstić information content (AvgIpc) is 2.10. The van der Waals surface area contributed by atoms with E-state index >= 15 is 0 Å². The molecule has 4 nitrogen and oxygen atoms in total. The summed E-state index contributed by atoms with van der Waals surface area (Å²) in [5.74, 6) is 0.263. The smallest absolute Gasteiger partial charge is 0.179 e. The summed E-state index contributed by atoms with van der Waals surface area (Å²) in [6.45, 7) is 0. The molecular weight excluding hydrogens is 252 g/mol. The first-order chi connectivity index (χ1) is 4.97. The van der Waals surface area contributed by atoms with E-state index in [0.717, 1.165) is 17.8 Å². The minimum Gasteiger partial charge on any atom is -0.229 e. The van der Waals surface area contributed by atoms with Crippen LogP contribution >= 0.6 is 27.5 Å². The quantitative estimate of drug-likeness (QED) is 0.787. The third-order valence-electron chi connectivity index (χ3n) is 0.835. The molecule has 7 heteroatoms. The van der Waals surface area contributed by atoms with Gasteiger partial charge in [-0.25, -0.2) is 13.4 Å². The third kappa shape index (κ3) is 3.26. The van der Waals surface area contributed by atoms with Crippen LogP contribution in [0.3, 0.4) is 0 Å². The molecule has 0 aromatic carbocycles. The minimum atomic E-state index is -3.00. The van der Waals surface area contributed by atoms with Gasteiger partial charge in [0, 0.05) is 6.26 Å². The van der Waals surface area contributed by atoms with Gasteiger partial charge in [0.15, 0.2) is 19.6 Å². The van der Waals surface area contributed by atoms with Crippen LogP contribution in [-0.4, -0.2) is 24.0 Å². The summed E-state index contributed by atoms with van der Waals surface area (Å²) in [6.07, 6.45) is 1.15. The van der Waals surface area contributed by atoms with Crippen LogP contribution in [0.4, 0.5) is 0 Å². The fourth-order valence-electron chi connectivity index (χ4n) is 0.526. The Labute approximate surface area is 76.9 Å². The molecule has 1 rings (SSSR count). The first kappa shape index (κ1) is 9.08. The van der Waals surface area contributed by atoms with E-state index in [1.54, 1.807) is 0 Å². The Balaban J connectivity index is 2.81. The van der Waals surface area contributed by atoms with Crippen LogP contribution in [0.25, 0.3) is 0 Å². The van der Waals surface area contributed by atoms with Gasteiger partial charge in [0.1, 0.15) is 5.75 Å². The molecule has 1 heterocycles. The van der Waals surface area contributed by atoms with Gasteiger partial charge in [-0.05, 0) is 27.5 Å². The summed E-state index contributed by atoms with van der Waals surface area (Å²) in [5, 5.41) is 0. The monoisotopic (exact) mass is 256 g/mol. The van der Waals surface area contributed by atoms with Gasteiger partial charge in [-0.1, -0.05) is 0 Å². The zero-order valence-electron chi connectivity index (χ0n) is 5.61. The highest BCUT2D eigenvalue weighted by atomic mass is 79.9. The number of hydrogen-bond acceptors (Lipinski definition) is 5. The summed E-state index contributed by atoms with van der Waals surface area (Å²) in [5.41, 5.74) is 0. The van der Waals surface area contributed by atoms with E-state index in [9.17, 15) is 8.42 Å². The van der Waals surface area contributed by atoms with E-state index in [1.807, 2.05) is 0 Å². The maximum atomic E-state index is 10.7. The van der Waals surface area contributed by atoms with Crippen LogP contribution in [0.2, 0.25) is 0 Å². The Bertz CT molecular complexity index is 345. The molecular formula is C4H5BrN2O2S2. The van der Waals surface area contributed by atoms with Gasteiger partial charge in [-0.2, -0.15) is 4.37 Å². The number of aromatic nitrogens is 2. The average molecular weight is 257 g/mol. The van der Waals surface area contributed by atoms with E-state index in [2.05, 4.69) is 25.3 Å². The molecule has 0 radical (unpaired) electrons. The van der Waals surface area contributed by atoms with Crippen molar-refractivity contribution >= 4 is 37.3 Å². The fraction of sp³-hybridized carbons (Fsp3) is 0.500. The normalized spacial score (nSPS) is 11.8. The lowest BCUT2D eigenvalue weighted by Gasteiger charge is -1.88. The predicted molar refractivity (Wildman–Crippen MR) is 46.2 cm³/mol. The van der Waals surface area contributed by atoms with Crippen molar-refractivity contribution in [2.24, 2.45) is 0 Å². The van der Waals surface area contributed by atoms with E-state index in [4.69, 9.17) is 0 Å². The Morgan fingerprint density at radius 2 is 2.27 bits per heavy atom. The van der Waals surface area contributed by atoms with Gasteiger partial charge in [0.05, 0.1) is 0 Å². The third-order valence-corrected chi connectivity index (χ3v) is 2.77. The Kier molecular flexibility index (Phi) is 2.61. The van der Waals surface area contributed by atoms with Gasteiger partial charge < -0.3 is 0 Å². The fourth-order valence-corrected chi connectivity index (χ4v) is 2.06. The molecule has 62 valence electrons. The number of sulfone groups is 1. The van der Waals surface area contributed by atoms with E-state index in [1.165, 1.54) is 0 Å². The molecule has 0 N–H and O–H groups in total. The van der Waals surface area contributed by atoms with Crippen LogP contribution in [0, 0.1) is 0 Å². The summed E-state index contributed by atoms with van der Waals surface area (Å²) < 4.78 is 25.9.